The number of hydrogen-bond donors (Lipinski definition) is 1. The van der Waals surface area contributed by atoms with Crippen LogP contribution in [0.2, 0.25) is 0 Å². The Morgan fingerprint density at radius 1 is 1.17 bits per heavy atom. The van der Waals surface area contributed by atoms with Gasteiger partial charge in [-0.1, -0.05) is 18.2 Å². The van der Waals surface area contributed by atoms with Crippen LogP contribution in [0.15, 0.2) is 51.7 Å². The zero-order chi connectivity index (χ0) is 21.9. The number of carbonyl (C=O) groups is 2. The molecule has 29 heavy (non-hydrogen) atoms. The summed E-state index contributed by atoms with van der Waals surface area (Å²) in [5.74, 6) is -2.79. The number of carbonyl (C=O) groups excluding carboxylic acids is 2. The number of benzene rings is 1. The first-order valence-corrected chi connectivity index (χ1v) is 10.8. The average molecular weight is 425 g/mol. The fourth-order valence-corrected chi connectivity index (χ4v) is 4.21. The van der Waals surface area contributed by atoms with Gasteiger partial charge in [-0.2, -0.15) is 0 Å². The number of sulfone groups is 1. The Bertz CT molecular complexity index is 994. The van der Waals surface area contributed by atoms with Crippen molar-refractivity contribution in [3.05, 3.63) is 52.4 Å². The van der Waals surface area contributed by atoms with Crippen LogP contribution in [0.4, 0.5) is 4.39 Å². The molecule has 0 fully saturated rings. The van der Waals surface area contributed by atoms with Gasteiger partial charge in [0, 0.05) is 12.0 Å². The molecule has 1 atom stereocenters. The Morgan fingerprint density at radius 2 is 1.79 bits per heavy atom. The van der Waals surface area contributed by atoms with Crippen LogP contribution in [0.3, 0.4) is 0 Å². The van der Waals surface area contributed by atoms with E-state index in [1.807, 2.05) is 0 Å². The molecule has 0 saturated carbocycles. The minimum atomic E-state index is -3.72. The molecule has 0 spiro atoms. The van der Waals surface area contributed by atoms with Crippen LogP contribution in [-0.4, -0.2) is 46.5 Å². The van der Waals surface area contributed by atoms with Crippen LogP contribution in [-0.2, 0) is 28.9 Å². The molecule has 0 radical (unpaired) electrons. The lowest BCUT2D eigenvalue weighted by Gasteiger charge is -2.31. The molecular formula is C20H24FNO6S. The van der Waals surface area contributed by atoms with Gasteiger partial charge < -0.3 is 14.8 Å². The third-order valence-electron chi connectivity index (χ3n) is 4.38. The predicted octanol–water partition coefficient (Wildman–Crippen LogP) is 2.40. The lowest BCUT2D eigenvalue weighted by molar-refractivity contribution is -0.143. The van der Waals surface area contributed by atoms with E-state index in [2.05, 4.69) is 5.32 Å². The minimum absolute atomic E-state index is 0.0207. The second-order valence-electron chi connectivity index (χ2n) is 6.88. The van der Waals surface area contributed by atoms with E-state index in [1.54, 1.807) is 19.9 Å². The van der Waals surface area contributed by atoms with Crippen LogP contribution < -0.4 is 5.32 Å². The molecule has 0 bridgehead atoms. The summed E-state index contributed by atoms with van der Waals surface area (Å²) in [5, 5.41) is 2.73. The molecule has 1 unspecified atom stereocenters. The second kappa shape index (κ2) is 8.77. The van der Waals surface area contributed by atoms with Crippen LogP contribution in [0.5, 0.6) is 0 Å². The number of nitrogens with one attached hydrogen (secondary N) is 1. The summed E-state index contributed by atoms with van der Waals surface area (Å²) in [6, 6.07) is 5.97. The molecule has 0 amide bonds. The van der Waals surface area contributed by atoms with Gasteiger partial charge in [-0.25, -0.2) is 22.4 Å². The molecule has 1 aromatic carbocycles. The van der Waals surface area contributed by atoms with Crippen molar-refractivity contribution in [2.45, 2.75) is 37.7 Å². The fourth-order valence-electron chi connectivity index (χ4n) is 3.27. The van der Waals surface area contributed by atoms with Crippen molar-refractivity contribution in [2.75, 3.05) is 20.0 Å². The molecular weight excluding hydrogens is 401 g/mol. The zero-order valence-corrected chi connectivity index (χ0v) is 17.7. The van der Waals surface area contributed by atoms with Gasteiger partial charge in [0.25, 0.3) is 0 Å². The number of allylic oxidation sites excluding steroid dienone is 2. The molecule has 0 aromatic heterocycles. The lowest BCUT2D eigenvalue weighted by Crippen LogP contribution is -2.34. The molecule has 1 aromatic rings. The van der Waals surface area contributed by atoms with E-state index >= 15 is 0 Å². The van der Waals surface area contributed by atoms with Crippen molar-refractivity contribution in [3.63, 3.8) is 0 Å². The first kappa shape index (κ1) is 22.6. The van der Waals surface area contributed by atoms with Gasteiger partial charge in [0.1, 0.15) is 6.67 Å². The van der Waals surface area contributed by atoms with Gasteiger partial charge in [-0.05, 0) is 32.4 Å². The van der Waals surface area contributed by atoms with Gasteiger partial charge in [0.2, 0.25) is 0 Å². The lowest BCUT2D eigenvalue weighted by atomic mass is 9.80. The maximum atomic E-state index is 13.8. The normalized spacial score (nSPS) is 17.3. The smallest absolute Gasteiger partial charge is 0.337 e. The maximum Gasteiger partial charge on any atom is 0.337 e. The summed E-state index contributed by atoms with van der Waals surface area (Å²) >= 11 is 0. The van der Waals surface area contributed by atoms with Crippen molar-refractivity contribution >= 4 is 21.8 Å². The van der Waals surface area contributed by atoms with Crippen molar-refractivity contribution in [1.29, 1.82) is 0 Å². The second-order valence-corrected chi connectivity index (χ2v) is 8.86. The summed E-state index contributed by atoms with van der Waals surface area (Å²) in [5.41, 5.74) is 0.186. The van der Waals surface area contributed by atoms with E-state index in [4.69, 9.17) is 9.47 Å². The average Bonchev–Trinajstić information content (AvgIpc) is 2.64. The van der Waals surface area contributed by atoms with E-state index in [9.17, 15) is 22.4 Å². The molecule has 7 nitrogen and oxygen atoms in total. The summed E-state index contributed by atoms with van der Waals surface area (Å²) in [4.78, 5) is 25.4. The van der Waals surface area contributed by atoms with Crippen LogP contribution in [0.1, 0.15) is 32.3 Å². The van der Waals surface area contributed by atoms with Crippen LogP contribution >= 0.6 is 0 Å². The molecule has 1 N–H and O–H groups in total. The monoisotopic (exact) mass is 425 g/mol. The highest BCUT2D eigenvalue weighted by atomic mass is 32.2. The SMILES string of the molecule is COC(=O)C1=C(CF)NC(C)=C(C(=O)OC(C)C)C1c1ccccc1S(C)(=O)=O. The molecule has 0 aliphatic carbocycles. The van der Waals surface area contributed by atoms with E-state index in [1.165, 1.54) is 25.1 Å². The minimum Gasteiger partial charge on any atom is -0.466 e. The van der Waals surface area contributed by atoms with E-state index in [-0.39, 0.29) is 33.0 Å². The first-order valence-electron chi connectivity index (χ1n) is 8.88. The summed E-state index contributed by atoms with van der Waals surface area (Å²) in [6.07, 6.45) is 0.564. The van der Waals surface area contributed by atoms with Gasteiger partial charge >= 0.3 is 11.9 Å². The molecule has 1 heterocycles. The van der Waals surface area contributed by atoms with Gasteiger partial charge in [0.15, 0.2) is 9.84 Å². The fraction of sp³-hybridized carbons (Fsp3) is 0.400. The predicted molar refractivity (Wildman–Crippen MR) is 104 cm³/mol. The zero-order valence-electron chi connectivity index (χ0n) is 16.9. The summed E-state index contributed by atoms with van der Waals surface area (Å²) in [6.45, 7) is 3.82. The Hall–Kier alpha value is -2.68. The Kier molecular flexibility index (Phi) is 6.84. The molecule has 158 valence electrons. The van der Waals surface area contributed by atoms with Crippen molar-refractivity contribution in [2.24, 2.45) is 0 Å². The Labute approximate surface area is 169 Å². The quantitative estimate of drug-likeness (QED) is 0.699. The third-order valence-corrected chi connectivity index (χ3v) is 5.55. The van der Waals surface area contributed by atoms with Gasteiger partial charge in [-0.3, -0.25) is 0 Å². The van der Waals surface area contributed by atoms with Crippen molar-refractivity contribution in [1.82, 2.24) is 5.32 Å². The Balaban J connectivity index is 2.87. The first-order chi connectivity index (χ1) is 13.5. The third kappa shape index (κ3) is 4.67. The highest BCUT2D eigenvalue weighted by molar-refractivity contribution is 7.90. The number of alkyl halides is 1. The number of esters is 2. The summed E-state index contributed by atoms with van der Waals surface area (Å²) in [7, 11) is -2.59. The number of methoxy groups -OCH3 is 1. The maximum absolute atomic E-state index is 13.8. The van der Waals surface area contributed by atoms with E-state index in [0.29, 0.717) is 0 Å². The number of dihydropyridines is 1. The largest absolute Gasteiger partial charge is 0.466 e. The number of hydrogen-bond acceptors (Lipinski definition) is 7. The molecule has 2 rings (SSSR count). The molecule has 0 saturated heterocycles. The van der Waals surface area contributed by atoms with Crippen molar-refractivity contribution < 1.29 is 31.9 Å². The van der Waals surface area contributed by atoms with Gasteiger partial charge in [-0.15, -0.1) is 0 Å². The van der Waals surface area contributed by atoms with Crippen LogP contribution in [0, 0.1) is 0 Å². The number of ether oxygens (including phenoxy) is 2. The van der Waals surface area contributed by atoms with Crippen molar-refractivity contribution in [3.8, 4) is 0 Å². The molecule has 9 heteroatoms. The van der Waals surface area contributed by atoms with E-state index in [0.717, 1.165) is 13.4 Å². The Morgan fingerprint density at radius 3 is 2.31 bits per heavy atom. The highest BCUT2D eigenvalue weighted by Crippen LogP contribution is 2.41. The standard InChI is InChI=1S/C20H24FNO6S/c1-11(2)28-20(24)16-12(3)22-14(10-21)18(19(23)27-4)17(16)13-8-6-7-9-15(13)29(5,25)26/h6-9,11,17,22H,10H2,1-5H3. The molecule has 1 aliphatic heterocycles. The number of rotatable bonds is 6. The van der Waals surface area contributed by atoms with E-state index < -0.39 is 40.5 Å². The van der Waals surface area contributed by atoms with Crippen LogP contribution in [0.25, 0.3) is 0 Å². The number of halogens is 1. The summed E-state index contributed by atoms with van der Waals surface area (Å²) < 4.78 is 48.7. The van der Waals surface area contributed by atoms with Gasteiger partial charge in [0.05, 0.1) is 40.9 Å². The topological polar surface area (TPSA) is 98.8 Å². The highest BCUT2D eigenvalue weighted by Gasteiger charge is 2.40. The molecule has 1 aliphatic rings.